The van der Waals surface area contributed by atoms with Crippen molar-refractivity contribution in [2.75, 3.05) is 0 Å². The van der Waals surface area contributed by atoms with Gasteiger partial charge in [0.15, 0.2) is 6.10 Å². The average Bonchev–Trinajstić information content (AvgIpc) is 2.12. The second-order valence-electron chi connectivity index (χ2n) is 3.77. The molecule has 0 aliphatic carbocycles. The minimum absolute atomic E-state index is 0.253. The van der Waals surface area contributed by atoms with Gasteiger partial charge < -0.3 is 10.5 Å². The maximum absolute atomic E-state index is 12.6. The van der Waals surface area contributed by atoms with Crippen molar-refractivity contribution in [2.24, 2.45) is 5.73 Å². The van der Waals surface area contributed by atoms with E-state index in [-0.39, 0.29) is 6.42 Å². The highest BCUT2D eigenvalue weighted by Gasteiger charge is 2.44. The fraction of sp³-hybridized carbons (Fsp3) is 1.00. The van der Waals surface area contributed by atoms with Crippen molar-refractivity contribution in [1.29, 1.82) is 0 Å². The van der Waals surface area contributed by atoms with Crippen LogP contribution in [0.1, 0.15) is 40.0 Å². The van der Waals surface area contributed by atoms with Gasteiger partial charge in [0, 0.05) is 6.04 Å². The molecule has 0 radical (unpaired) electrons. The number of hydrogen-bond donors (Lipinski definition) is 1. The molecule has 0 heterocycles. The van der Waals surface area contributed by atoms with Gasteiger partial charge in [-0.05, 0) is 19.8 Å². The van der Waals surface area contributed by atoms with Crippen LogP contribution in [0.15, 0.2) is 0 Å². The molecule has 92 valence electrons. The first kappa shape index (κ1) is 14.7. The first-order valence-electron chi connectivity index (χ1n) is 5.30. The van der Waals surface area contributed by atoms with E-state index in [1.54, 1.807) is 13.8 Å². The van der Waals surface area contributed by atoms with Crippen LogP contribution in [-0.4, -0.2) is 24.4 Å². The third-order valence-electron chi connectivity index (χ3n) is 2.26. The van der Waals surface area contributed by atoms with Crippen LogP contribution in [0.3, 0.4) is 0 Å². The Balaban J connectivity index is 4.38. The topological polar surface area (TPSA) is 35.2 Å². The lowest BCUT2D eigenvalue weighted by molar-refractivity contribution is -0.237. The molecule has 0 saturated heterocycles. The fourth-order valence-corrected chi connectivity index (χ4v) is 1.36. The van der Waals surface area contributed by atoms with Crippen LogP contribution >= 0.6 is 0 Å². The molecule has 0 amide bonds. The normalized spacial score (nSPS) is 18.6. The Bertz CT molecular complexity index is 173. The Kier molecular flexibility index (Phi) is 6.20. The van der Waals surface area contributed by atoms with Gasteiger partial charge in [0.2, 0.25) is 0 Å². The van der Waals surface area contributed by atoms with Crippen LogP contribution in [-0.2, 0) is 4.74 Å². The highest BCUT2D eigenvalue weighted by atomic mass is 19.4. The molecule has 0 aromatic carbocycles. The van der Waals surface area contributed by atoms with Crippen molar-refractivity contribution in [3.63, 3.8) is 0 Å². The number of hydrogen-bond acceptors (Lipinski definition) is 2. The zero-order valence-electron chi connectivity index (χ0n) is 9.47. The van der Waals surface area contributed by atoms with Gasteiger partial charge in [0.05, 0.1) is 6.10 Å². The Morgan fingerprint density at radius 3 is 2.13 bits per heavy atom. The van der Waals surface area contributed by atoms with Gasteiger partial charge in [0.1, 0.15) is 0 Å². The molecule has 0 fully saturated rings. The smallest absolute Gasteiger partial charge is 0.364 e. The zero-order valence-corrected chi connectivity index (χ0v) is 9.47. The molecule has 15 heavy (non-hydrogen) atoms. The summed E-state index contributed by atoms with van der Waals surface area (Å²) >= 11 is 0. The number of halogens is 3. The maximum atomic E-state index is 12.6. The minimum Gasteiger partial charge on any atom is -0.364 e. The zero-order chi connectivity index (χ0) is 12.1. The van der Waals surface area contributed by atoms with Crippen LogP contribution in [0.25, 0.3) is 0 Å². The largest absolute Gasteiger partial charge is 0.416 e. The van der Waals surface area contributed by atoms with Gasteiger partial charge in [-0.25, -0.2) is 0 Å². The van der Waals surface area contributed by atoms with Gasteiger partial charge in [-0.15, -0.1) is 0 Å². The Morgan fingerprint density at radius 2 is 1.80 bits per heavy atom. The van der Waals surface area contributed by atoms with Crippen molar-refractivity contribution >= 4 is 0 Å². The number of ether oxygens (including phenoxy) is 1. The molecule has 3 atom stereocenters. The molecule has 5 heteroatoms. The van der Waals surface area contributed by atoms with Crippen LogP contribution in [0.4, 0.5) is 13.2 Å². The molecule has 0 saturated carbocycles. The monoisotopic (exact) mass is 227 g/mol. The second-order valence-corrected chi connectivity index (χ2v) is 3.77. The molecule has 0 aromatic rings. The van der Waals surface area contributed by atoms with Crippen LogP contribution in [0, 0.1) is 0 Å². The van der Waals surface area contributed by atoms with Crippen molar-refractivity contribution in [2.45, 2.75) is 64.5 Å². The molecule has 3 unspecified atom stereocenters. The minimum atomic E-state index is -4.38. The van der Waals surface area contributed by atoms with E-state index in [0.29, 0.717) is 6.42 Å². The van der Waals surface area contributed by atoms with Gasteiger partial charge >= 0.3 is 6.18 Å². The number of rotatable bonds is 6. The fourth-order valence-electron chi connectivity index (χ4n) is 1.36. The quantitative estimate of drug-likeness (QED) is 0.757. The van der Waals surface area contributed by atoms with Gasteiger partial charge in [-0.3, -0.25) is 0 Å². The molecule has 0 rings (SSSR count). The second kappa shape index (κ2) is 6.33. The number of nitrogens with two attached hydrogens (primary N) is 1. The summed E-state index contributed by atoms with van der Waals surface area (Å²) in [5.74, 6) is 0. The highest BCUT2D eigenvalue weighted by Crippen LogP contribution is 2.27. The molecule has 2 nitrogen and oxygen atoms in total. The van der Waals surface area contributed by atoms with Gasteiger partial charge in [-0.2, -0.15) is 13.2 Å². The molecule has 0 spiro atoms. The van der Waals surface area contributed by atoms with Crippen LogP contribution in [0.5, 0.6) is 0 Å². The van der Waals surface area contributed by atoms with E-state index < -0.39 is 24.4 Å². The lowest BCUT2D eigenvalue weighted by Gasteiger charge is -2.28. The summed E-state index contributed by atoms with van der Waals surface area (Å²) in [5, 5.41) is 0. The van der Waals surface area contributed by atoms with E-state index in [1.165, 1.54) is 0 Å². The molecular formula is C10H20F3NO. The molecule has 0 aliphatic heterocycles. The van der Waals surface area contributed by atoms with Gasteiger partial charge in [0.25, 0.3) is 0 Å². The van der Waals surface area contributed by atoms with E-state index in [4.69, 9.17) is 10.5 Å². The first-order valence-corrected chi connectivity index (χ1v) is 5.30. The summed E-state index contributed by atoms with van der Waals surface area (Å²) in [6, 6.07) is -0.982. The Hall–Kier alpha value is -0.290. The predicted molar refractivity (Wildman–Crippen MR) is 53.6 cm³/mol. The third-order valence-corrected chi connectivity index (χ3v) is 2.26. The van der Waals surface area contributed by atoms with E-state index in [2.05, 4.69) is 0 Å². The summed E-state index contributed by atoms with van der Waals surface area (Å²) < 4.78 is 42.6. The average molecular weight is 227 g/mol. The third kappa shape index (κ3) is 5.37. The lowest BCUT2D eigenvalue weighted by atomic mass is 10.1. The first-order chi connectivity index (χ1) is 6.82. The molecule has 0 bridgehead atoms. The van der Waals surface area contributed by atoms with Gasteiger partial charge in [-0.1, -0.05) is 20.3 Å². The summed E-state index contributed by atoms with van der Waals surface area (Å²) in [4.78, 5) is 0. The van der Waals surface area contributed by atoms with E-state index >= 15 is 0 Å². The summed E-state index contributed by atoms with van der Waals surface area (Å²) in [5.41, 5.74) is 5.40. The summed E-state index contributed by atoms with van der Waals surface area (Å²) in [6.07, 6.45) is -4.96. The maximum Gasteiger partial charge on any atom is 0.416 e. The Morgan fingerprint density at radius 1 is 1.27 bits per heavy atom. The highest BCUT2D eigenvalue weighted by molar-refractivity contribution is 4.80. The predicted octanol–water partition coefficient (Wildman–Crippen LogP) is 2.86. The number of alkyl halides is 3. The van der Waals surface area contributed by atoms with Crippen molar-refractivity contribution in [3.8, 4) is 0 Å². The molecular weight excluding hydrogens is 207 g/mol. The van der Waals surface area contributed by atoms with E-state index in [9.17, 15) is 13.2 Å². The van der Waals surface area contributed by atoms with E-state index in [0.717, 1.165) is 6.42 Å². The molecule has 0 aromatic heterocycles. The van der Waals surface area contributed by atoms with Crippen molar-refractivity contribution < 1.29 is 17.9 Å². The SMILES string of the molecule is CCCC(C)OC(C(N)CC)C(F)(F)F. The summed E-state index contributed by atoms with van der Waals surface area (Å²) in [6.45, 7) is 5.17. The standard InChI is InChI=1S/C10H20F3NO/c1-4-6-7(3)15-9(8(14)5-2)10(11,12)13/h7-9H,4-6,14H2,1-3H3. The lowest BCUT2D eigenvalue weighted by Crippen LogP contribution is -2.48. The van der Waals surface area contributed by atoms with Crippen molar-refractivity contribution in [1.82, 2.24) is 0 Å². The van der Waals surface area contributed by atoms with Crippen LogP contribution < -0.4 is 5.73 Å². The van der Waals surface area contributed by atoms with E-state index in [1.807, 2.05) is 6.92 Å². The molecule has 2 N–H and O–H groups in total. The summed E-state index contributed by atoms with van der Waals surface area (Å²) in [7, 11) is 0. The van der Waals surface area contributed by atoms with Crippen molar-refractivity contribution in [3.05, 3.63) is 0 Å². The molecule has 0 aliphatic rings. The van der Waals surface area contributed by atoms with Crippen LogP contribution in [0.2, 0.25) is 0 Å². The Labute approximate surface area is 89.0 Å².